The number of phenolic OH excluding ortho intramolecular Hbond substituents is 1. The number of carbonyl (C=O) groups is 5. The summed E-state index contributed by atoms with van der Waals surface area (Å²) < 4.78 is 14.4. The van der Waals surface area contributed by atoms with Crippen molar-refractivity contribution in [2.45, 2.75) is 136 Å². The van der Waals surface area contributed by atoms with Gasteiger partial charge in [-0.2, -0.15) is 0 Å². The SMILES string of the molecule is CCn1c(C2=C([C@H](C)OC)N=CCC2)c2c3cc(ccc31)-c1cc(O)cc(c1)C[C@H](NC(=O)[C@H](C1CCCC1)N(C)C(=O)[C@@H]1CN(C(=O)CCN)C[C@@H]1C)C(=O)N1CCC[C@H](N1)C(=O)OCC(C)(C)C2. The van der Waals surface area contributed by atoms with Crippen molar-refractivity contribution in [3.05, 3.63) is 58.9 Å². The second-order valence-electron chi connectivity index (χ2n) is 21.2. The fourth-order valence-corrected chi connectivity index (χ4v) is 11.7. The Morgan fingerprint density at radius 3 is 2.57 bits per heavy atom. The number of aliphatic imine (C=N–C) groups is 1. The Kier molecular flexibility index (Phi) is 15.5. The van der Waals surface area contributed by atoms with E-state index in [1.807, 2.05) is 26.1 Å². The lowest BCUT2D eigenvalue weighted by Gasteiger charge is -2.37. The van der Waals surface area contributed by atoms with Crippen LogP contribution < -0.4 is 16.5 Å². The number of cyclic esters (lactones) is 1. The molecular weight excluding hydrogens is 889 g/mol. The maximum Gasteiger partial charge on any atom is 0.324 e. The van der Waals surface area contributed by atoms with Crippen LogP contribution in [0, 0.1) is 23.2 Å². The first-order valence-corrected chi connectivity index (χ1v) is 25.6. The van der Waals surface area contributed by atoms with Crippen LogP contribution in [0.3, 0.4) is 0 Å². The highest BCUT2D eigenvalue weighted by Gasteiger charge is 2.44. The maximum atomic E-state index is 15.0. The number of phenols is 1. The highest BCUT2D eigenvalue weighted by Crippen LogP contribution is 2.42. The molecule has 6 atom stereocenters. The Morgan fingerprint density at radius 2 is 1.84 bits per heavy atom. The fraction of sp³-hybridized carbons (Fsp3) is 0.593. The molecule has 1 saturated carbocycles. The molecule has 5 heterocycles. The van der Waals surface area contributed by atoms with E-state index in [0.29, 0.717) is 44.5 Å². The van der Waals surface area contributed by atoms with Crippen LogP contribution in [0.15, 0.2) is 47.1 Å². The van der Waals surface area contributed by atoms with Crippen LogP contribution in [0.2, 0.25) is 0 Å². The number of esters is 1. The minimum Gasteiger partial charge on any atom is -0.508 e. The molecule has 16 nitrogen and oxygen atoms in total. The van der Waals surface area contributed by atoms with E-state index in [-0.39, 0.29) is 68.0 Å². The van der Waals surface area contributed by atoms with Gasteiger partial charge in [0.2, 0.25) is 17.7 Å². The number of carbonyl (C=O) groups excluding carboxylic acids is 5. The molecular formula is C54H74N8O8. The zero-order valence-corrected chi connectivity index (χ0v) is 42.2. The van der Waals surface area contributed by atoms with Crippen LogP contribution >= 0.6 is 0 Å². The third kappa shape index (κ3) is 10.5. The third-order valence-corrected chi connectivity index (χ3v) is 15.5. The summed E-state index contributed by atoms with van der Waals surface area (Å²) in [6, 6.07) is 8.82. The molecule has 378 valence electrons. The number of fused-ring (bicyclic) bond motifs is 6. The summed E-state index contributed by atoms with van der Waals surface area (Å²) in [6.07, 6.45) is 8.39. The first-order valence-electron chi connectivity index (χ1n) is 25.6. The van der Waals surface area contributed by atoms with Gasteiger partial charge in [-0.25, -0.2) is 5.43 Å². The van der Waals surface area contributed by atoms with E-state index in [0.717, 1.165) is 83.1 Å². The second kappa shape index (κ2) is 21.4. The van der Waals surface area contributed by atoms with Crippen LogP contribution in [0.4, 0.5) is 0 Å². The van der Waals surface area contributed by atoms with E-state index in [4.69, 9.17) is 20.2 Å². The van der Waals surface area contributed by atoms with Crippen LogP contribution in [-0.2, 0) is 52.8 Å². The van der Waals surface area contributed by atoms with Gasteiger partial charge in [0.05, 0.1) is 30.0 Å². The van der Waals surface area contributed by atoms with E-state index in [9.17, 15) is 29.1 Å². The molecule has 3 aromatic rings. The van der Waals surface area contributed by atoms with Gasteiger partial charge in [-0.1, -0.05) is 45.7 Å². The molecule has 8 rings (SSSR count). The average Bonchev–Trinajstić information content (AvgIpc) is 4.10. The van der Waals surface area contributed by atoms with E-state index in [1.54, 1.807) is 36.1 Å². The van der Waals surface area contributed by atoms with Crippen molar-refractivity contribution in [3.8, 4) is 16.9 Å². The van der Waals surface area contributed by atoms with E-state index in [1.165, 1.54) is 5.01 Å². The highest BCUT2D eigenvalue weighted by molar-refractivity contribution is 5.96. The number of ether oxygens (including phenoxy) is 2. The number of hydrogen-bond acceptors (Lipinski definition) is 11. The zero-order chi connectivity index (χ0) is 50.0. The zero-order valence-electron chi connectivity index (χ0n) is 42.2. The van der Waals surface area contributed by atoms with Crippen molar-refractivity contribution >= 4 is 52.3 Å². The summed E-state index contributed by atoms with van der Waals surface area (Å²) in [6.45, 7) is 12.3. The Balaban J connectivity index is 1.19. The summed E-state index contributed by atoms with van der Waals surface area (Å²) >= 11 is 0. The predicted octanol–water partition coefficient (Wildman–Crippen LogP) is 5.75. The second-order valence-corrected chi connectivity index (χ2v) is 21.2. The first kappa shape index (κ1) is 50.8. The molecule has 0 radical (unpaired) electrons. The molecule has 6 bridgehead atoms. The monoisotopic (exact) mass is 963 g/mol. The van der Waals surface area contributed by atoms with Gasteiger partial charge in [-0.15, -0.1) is 0 Å². The number of aromatic nitrogens is 1. The van der Waals surface area contributed by atoms with Crippen molar-refractivity contribution < 1.29 is 38.6 Å². The van der Waals surface area contributed by atoms with Gasteiger partial charge < -0.3 is 40.0 Å². The number of rotatable bonds is 11. The molecule has 70 heavy (non-hydrogen) atoms. The smallest absolute Gasteiger partial charge is 0.324 e. The summed E-state index contributed by atoms with van der Waals surface area (Å²) in [4.78, 5) is 79.4. The number of likely N-dealkylation sites (N-methyl/N-ethyl adjacent to an activating group) is 1. The summed E-state index contributed by atoms with van der Waals surface area (Å²) in [5, 5.41) is 17.0. The number of aryl methyl sites for hydroxylation is 1. The van der Waals surface area contributed by atoms with Crippen molar-refractivity contribution in [1.29, 1.82) is 0 Å². The van der Waals surface area contributed by atoms with Crippen molar-refractivity contribution in [2.24, 2.45) is 33.9 Å². The number of hydrogen-bond donors (Lipinski definition) is 4. The van der Waals surface area contributed by atoms with Gasteiger partial charge in [-0.3, -0.25) is 34.0 Å². The van der Waals surface area contributed by atoms with Crippen LogP contribution in [0.1, 0.15) is 109 Å². The quantitative estimate of drug-likeness (QED) is 0.172. The van der Waals surface area contributed by atoms with E-state index in [2.05, 4.69) is 54.3 Å². The molecule has 5 N–H and O–H groups in total. The molecule has 2 saturated heterocycles. The minimum absolute atomic E-state index is 0.00820. The van der Waals surface area contributed by atoms with Gasteiger partial charge in [0.15, 0.2) is 0 Å². The molecule has 16 heteroatoms. The molecule has 1 aromatic heterocycles. The topological polar surface area (TPSA) is 201 Å². The Hall–Kier alpha value is -5.58. The molecule has 5 aliphatic rings. The van der Waals surface area contributed by atoms with Crippen LogP contribution in [0.25, 0.3) is 27.6 Å². The molecule has 4 amide bonds. The van der Waals surface area contributed by atoms with Gasteiger partial charge in [0.25, 0.3) is 5.91 Å². The van der Waals surface area contributed by atoms with E-state index >= 15 is 0 Å². The Bertz CT molecular complexity index is 2540. The normalized spacial score (nSPS) is 24.1. The lowest BCUT2D eigenvalue weighted by atomic mass is 9.83. The van der Waals surface area contributed by atoms with Gasteiger partial charge >= 0.3 is 5.97 Å². The van der Waals surface area contributed by atoms with Crippen molar-refractivity contribution in [2.75, 3.05) is 46.9 Å². The summed E-state index contributed by atoms with van der Waals surface area (Å²) in [7, 11) is 3.36. The average molecular weight is 963 g/mol. The summed E-state index contributed by atoms with van der Waals surface area (Å²) in [5.74, 6) is -2.41. The van der Waals surface area contributed by atoms with E-state index < -0.39 is 47.2 Å². The Labute approximate surface area is 412 Å². The number of methoxy groups -OCH3 is 1. The molecule has 2 aromatic carbocycles. The molecule has 0 spiro atoms. The lowest BCUT2D eigenvalue weighted by Crippen LogP contribution is -2.62. The van der Waals surface area contributed by atoms with Gasteiger partial charge in [0, 0.05) is 87.8 Å². The van der Waals surface area contributed by atoms with Crippen molar-refractivity contribution in [3.63, 3.8) is 0 Å². The summed E-state index contributed by atoms with van der Waals surface area (Å²) in [5.41, 5.74) is 15.8. The molecule has 1 aliphatic carbocycles. The standard InChI is InChI=1S/C54H74N8O8/c1-8-61-45-18-17-36-27-40(45)41(49(61)39-15-11-21-56-47(39)33(3)69-7)28-54(4,5)31-70-53(68)43-16-12-22-62(58-43)52(67)44(25-34-23-37(36)26-38(63)24-34)57-50(65)48(35-13-9-10-14-35)59(6)51(66)42-30-60(29-32(42)2)46(64)19-20-55/h17-18,21,23-24,26-27,32-33,35,42-44,48,58,63H,8-16,19-20,22,25,28-31,55H2,1-7H3,(H,57,65)/t32-,33-,42+,43-,44-,48-/m0/s1. The minimum atomic E-state index is -1.14. The number of aromatic hydroxyl groups is 1. The fourth-order valence-electron chi connectivity index (χ4n) is 11.7. The van der Waals surface area contributed by atoms with Gasteiger partial charge in [-0.05, 0) is 117 Å². The maximum absolute atomic E-state index is 15.0. The van der Waals surface area contributed by atoms with Gasteiger partial charge in [0.1, 0.15) is 23.9 Å². The third-order valence-electron chi connectivity index (χ3n) is 15.5. The Morgan fingerprint density at radius 1 is 1.07 bits per heavy atom. The van der Waals surface area contributed by atoms with Crippen molar-refractivity contribution in [1.82, 2.24) is 30.1 Å². The number of nitrogens with two attached hydrogens (primary N) is 1. The van der Waals surface area contributed by atoms with Crippen LogP contribution in [0.5, 0.6) is 5.75 Å². The number of benzene rings is 2. The number of nitrogens with one attached hydrogen (secondary N) is 2. The molecule has 4 aliphatic heterocycles. The largest absolute Gasteiger partial charge is 0.508 e. The first-order chi connectivity index (χ1) is 33.5. The number of amides is 4. The lowest BCUT2D eigenvalue weighted by molar-refractivity contribution is -0.155. The molecule has 0 unspecified atom stereocenters. The number of allylic oxidation sites excluding steroid dienone is 1. The predicted molar refractivity (Wildman–Crippen MR) is 269 cm³/mol. The number of likely N-dealkylation sites (tertiary alicyclic amines) is 1. The number of nitrogens with zero attached hydrogens (tertiary/aromatic N) is 5. The molecule has 3 fully saturated rings. The highest BCUT2D eigenvalue weighted by atomic mass is 16.5. The van der Waals surface area contributed by atoms with Crippen LogP contribution in [-0.4, -0.2) is 131 Å². The number of hydrazine groups is 1.